The van der Waals surface area contributed by atoms with Gasteiger partial charge in [0.1, 0.15) is 6.10 Å². The van der Waals surface area contributed by atoms with Crippen LogP contribution in [0.1, 0.15) is 27.7 Å². The number of rotatable bonds is 4. The largest absolute Gasteiger partial charge is 0.464 e. The second-order valence-electron chi connectivity index (χ2n) is 3.12. The fourth-order valence-electron chi connectivity index (χ4n) is 0.807. The van der Waals surface area contributed by atoms with E-state index in [1.165, 1.54) is 20.8 Å². The van der Waals surface area contributed by atoms with Gasteiger partial charge in [-0.3, -0.25) is 4.79 Å². The van der Waals surface area contributed by atoms with Crippen LogP contribution in [-0.4, -0.2) is 35.4 Å². The third kappa shape index (κ3) is 3.33. The van der Waals surface area contributed by atoms with E-state index in [4.69, 9.17) is 4.74 Å². The van der Waals surface area contributed by atoms with Crippen LogP contribution in [0.15, 0.2) is 0 Å². The molecule has 0 saturated heterocycles. The molecule has 0 heterocycles. The summed E-state index contributed by atoms with van der Waals surface area (Å²) in [6.07, 6.45) is -0.931. The maximum absolute atomic E-state index is 11.2. The summed E-state index contributed by atoms with van der Waals surface area (Å²) in [6, 6.07) is 0. The van der Waals surface area contributed by atoms with Gasteiger partial charge in [0, 0.05) is 6.92 Å². The normalized spacial score (nSPS) is 16.6. The van der Waals surface area contributed by atoms with Crippen molar-refractivity contribution in [2.45, 2.75) is 39.4 Å². The lowest BCUT2D eigenvalue weighted by atomic mass is 10.0. The summed E-state index contributed by atoms with van der Waals surface area (Å²) in [6.45, 7) is 5.68. The molecule has 82 valence electrons. The maximum Gasteiger partial charge on any atom is 0.341 e. The molecule has 0 aliphatic carbocycles. The standard InChI is InChI=1S/C9H16O5/c1-5-13-8(11)9(4,12)6(2)14-7(3)10/h6,12H,5H2,1-4H3/t6-,9+/m0/s1. The van der Waals surface area contributed by atoms with Crippen molar-refractivity contribution >= 4 is 11.9 Å². The molecule has 0 amide bonds. The quantitative estimate of drug-likeness (QED) is 0.664. The van der Waals surface area contributed by atoms with E-state index in [0.717, 1.165) is 0 Å². The van der Waals surface area contributed by atoms with Crippen molar-refractivity contribution in [3.8, 4) is 0 Å². The highest BCUT2D eigenvalue weighted by atomic mass is 16.6. The highest BCUT2D eigenvalue weighted by Crippen LogP contribution is 2.15. The summed E-state index contributed by atoms with van der Waals surface area (Å²) >= 11 is 0. The fourth-order valence-corrected chi connectivity index (χ4v) is 0.807. The molecule has 0 bridgehead atoms. The summed E-state index contributed by atoms with van der Waals surface area (Å²) < 4.78 is 9.32. The van der Waals surface area contributed by atoms with E-state index in [0.29, 0.717) is 0 Å². The van der Waals surface area contributed by atoms with E-state index in [1.807, 2.05) is 0 Å². The molecule has 0 aromatic carbocycles. The zero-order valence-corrected chi connectivity index (χ0v) is 8.86. The topological polar surface area (TPSA) is 72.8 Å². The molecule has 0 spiro atoms. The van der Waals surface area contributed by atoms with E-state index in [-0.39, 0.29) is 6.61 Å². The lowest BCUT2D eigenvalue weighted by Crippen LogP contribution is -2.48. The van der Waals surface area contributed by atoms with Crippen LogP contribution < -0.4 is 0 Å². The number of hydrogen-bond donors (Lipinski definition) is 1. The van der Waals surface area contributed by atoms with Crippen LogP contribution in [0.25, 0.3) is 0 Å². The number of aliphatic hydroxyl groups is 1. The number of carbonyl (C=O) groups excluding carboxylic acids is 2. The van der Waals surface area contributed by atoms with Crippen molar-refractivity contribution < 1.29 is 24.2 Å². The van der Waals surface area contributed by atoms with Gasteiger partial charge in [0.15, 0.2) is 5.60 Å². The van der Waals surface area contributed by atoms with Crippen molar-refractivity contribution in [2.75, 3.05) is 6.61 Å². The SMILES string of the molecule is CCOC(=O)[C@](C)(O)[C@H](C)OC(C)=O. The van der Waals surface area contributed by atoms with Crippen molar-refractivity contribution in [1.82, 2.24) is 0 Å². The summed E-state index contributed by atoms with van der Waals surface area (Å²) in [7, 11) is 0. The molecular formula is C9H16O5. The maximum atomic E-state index is 11.2. The molecule has 0 aliphatic rings. The Bertz CT molecular complexity index is 221. The van der Waals surface area contributed by atoms with Crippen LogP contribution in [0.5, 0.6) is 0 Å². The smallest absolute Gasteiger partial charge is 0.341 e. The van der Waals surface area contributed by atoms with Crippen molar-refractivity contribution in [1.29, 1.82) is 0 Å². The summed E-state index contributed by atoms with van der Waals surface area (Å²) in [5.41, 5.74) is -1.80. The average molecular weight is 204 g/mol. The fraction of sp³-hybridized carbons (Fsp3) is 0.778. The number of hydrogen-bond acceptors (Lipinski definition) is 5. The first-order valence-electron chi connectivity index (χ1n) is 4.39. The zero-order valence-electron chi connectivity index (χ0n) is 8.86. The Kier molecular flexibility index (Phi) is 4.56. The van der Waals surface area contributed by atoms with Crippen molar-refractivity contribution in [2.24, 2.45) is 0 Å². The minimum atomic E-state index is -1.80. The van der Waals surface area contributed by atoms with Crippen molar-refractivity contribution in [3.05, 3.63) is 0 Å². The van der Waals surface area contributed by atoms with E-state index in [9.17, 15) is 14.7 Å². The number of carbonyl (C=O) groups is 2. The zero-order chi connectivity index (χ0) is 11.4. The number of esters is 2. The van der Waals surface area contributed by atoms with Crippen LogP contribution in [0.3, 0.4) is 0 Å². The van der Waals surface area contributed by atoms with Crippen molar-refractivity contribution in [3.63, 3.8) is 0 Å². The van der Waals surface area contributed by atoms with Gasteiger partial charge in [0.25, 0.3) is 0 Å². The molecule has 0 aliphatic heterocycles. The highest BCUT2D eigenvalue weighted by molar-refractivity contribution is 5.80. The predicted octanol–water partition coefficient (Wildman–Crippen LogP) is 0.252. The summed E-state index contributed by atoms with van der Waals surface area (Å²) in [5.74, 6) is -1.35. The van der Waals surface area contributed by atoms with Gasteiger partial charge < -0.3 is 14.6 Å². The molecule has 1 N–H and O–H groups in total. The monoisotopic (exact) mass is 204 g/mol. The third-order valence-electron chi connectivity index (χ3n) is 1.82. The van der Waals surface area contributed by atoms with Gasteiger partial charge in [-0.05, 0) is 20.8 Å². The Balaban J connectivity index is 4.42. The van der Waals surface area contributed by atoms with E-state index >= 15 is 0 Å². The molecule has 0 rings (SSSR count). The van der Waals surface area contributed by atoms with Crippen LogP contribution in [-0.2, 0) is 19.1 Å². The molecule has 0 radical (unpaired) electrons. The average Bonchev–Trinajstić information content (AvgIpc) is 2.03. The molecule has 0 aromatic heterocycles. The van der Waals surface area contributed by atoms with Gasteiger partial charge in [-0.25, -0.2) is 4.79 Å². The Hall–Kier alpha value is -1.10. The van der Waals surface area contributed by atoms with Gasteiger partial charge in [-0.2, -0.15) is 0 Å². The Morgan fingerprint density at radius 1 is 1.50 bits per heavy atom. The summed E-state index contributed by atoms with van der Waals surface area (Å²) in [5, 5.41) is 9.68. The van der Waals surface area contributed by atoms with Gasteiger partial charge in [0.2, 0.25) is 0 Å². The highest BCUT2D eigenvalue weighted by Gasteiger charge is 2.40. The number of ether oxygens (including phenoxy) is 2. The lowest BCUT2D eigenvalue weighted by molar-refractivity contribution is -0.182. The van der Waals surface area contributed by atoms with E-state index in [2.05, 4.69) is 4.74 Å². The van der Waals surface area contributed by atoms with Crippen LogP contribution in [0, 0.1) is 0 Å². The van der Waals surface area contributed by atoms with Gasteiger partial charge in [0.05, 0.1) is 6.61 Å². The third-order valence-corrected chi connectivity index (χ3v) is 1.82. The molecule has 5 heteroatoms. The second kappa shape index (κ2) is 4.95. The first-order valence-corrected chi connectivity index (χ1v) is 4.39. The molecule has 2 atom stereocenters. The van der Waals surface area contributed by atoms with Crippen LogP contribution in [0.2, 0.25) is 0 Å². The Morgan fingerprint density at radius 3 is 2.36 bits per heavy atom. The minimum absolute atomic E-state index is 0.168. The predicted molar refractivity (Wildman–Crippen MR) is 48.5 cm³/mol. The second-order valence-corrected chi connectivity index (χ2v) is 3.12. The molecular weight excluding hydrogens is 188 g/mol. The molecule has 0 aromatic rings. The van der Waals surface area contributed by atoms with Gasteiger partial charge in [-0.15, -0.1) is 0 Å². The van der Waals surface area contributed by atoms with Crippen LogP contribution in [0.4, 0.5) is 0 Å². The molecule has 0 unspecified atom stereocenters. The lowest BCUT2D eigenvalue weighted by Gasteiger charge is -2.26. The van der Waals surface area contributed by atoms with E-state index < -0.39 is 23.6 Å². The first-order chi connectivity index (χ1) is 6.32. The minimum Gasteiger partial charge on any atom is -0.464 e. The first kappa shape index (κ1) is 12.9. The van der Waals surface area contributed by atoms with Crippen LogP contribution >= 0.6 is 0 Å². The van der Waals surface area contributed by atoms with Gasteiger partial charge >= 0.3 is 11.9 Å². The molecule has 0 saturated carbocycles. The van der Waals surface area contributed by atoms with Gasteiger partial charge in [-0.1, -0.05) is 0 Å². The molecule has 5 nitrogen and oxygen atoms in total. The Labute approximate surface area is 83.0 Å². The van der Waals surface area contributed by atoms with E-state index in [1.54, 1.807) is 6.92 Å². The molecule has 0 fully saturated rings. The molecule has 14 heavy (non-hydrogen) atoms. The Morgan fingerprint density at radius 2 is 2.00 bits per heavy atom. The summed E-state index contributed by atoms with van der Waals surface area (Å²) in [4.78, 5) is 21.8.